The molecule has 0 aliphatic carbocycles. The lowest BCUT2D eigenvalue weighted by Crippen LogP contribution is -2.06. The molecule has 0 radical (unpaired) electrons. The predicted octanol–water partition coefficient (Wildman–Crippen LogP) is 8.49. The first-order chi connectivity index (χ1) is 15.2. The molecule has 0 fully saturated rings. The van der Waals surface area contributed by atoms with E-state index in [0.29, 0.717) is 10.6 Å². The summed E-state index contributed by atoms with van der Waals surface area (Å²) in [6.45, 7) is 4.44. The number of unbranched alkanes of at least 4 members (excludes halogenated alkanes) is 5. The number of carbonyl (C=O) groups excluding carboxylic acids is 1. The van der Waals surface area contributed by atoms with Gasteiger partial charge < -0.3 is 4.74 Å². The molecule has 0 spiro atoms. The Bertz CT molecular complexity index is 922. The molecule has 0 unspecified atom stereocenters. The second kappa shape index (κ2) is 12.5. The number of thiophene rings is 1. The fraction of sp³-hybridized carbons (Fsp3) is 0.393. The largest absolute Gasteiger partial charge is 0.422 e. The van der Waals surface area contributed by atoms with E-state index in [0.717, 1.165) is 24.8 Å². The molecule has 1 heterocycles. The second-order valence-electron chi connectivity index (χ2n) is 8.14. The number of aryl methyl sites for hydroxylation is 2. The summed E-state index contributed by atoms with van der Waals surface area (Å²) in [5.74, 6) is 0.318. The van der Waals surface area contributed by atoms with Crippen LogP contribution in [-0.4, -0.2) is 5.97 Å². The zero-order valence-electron chi connectivity index (χ0n) is 18.9. The number of esters is 1. The van der Waals surface area contributed by atoms with Gasteiger partial charge >= 0.3 is 5.97 Å². The van der Waals surface area contributed by atoms with E-state index in [2.05, 4.69) is 44.2 Å². The normalized spacial score (nSPS) is 10.9. The van der Waals surface area contributed by atoms with Gasteiger partial charge in [-0.1, -0.05) is 88.8 Å². The van der Waals surface area contributed by atoms with Gasteiger partial charge in [0.1, 0.15) is 10.6 Å². The van der Waals surface area contributed by atoms with Gasteiger partial charge in [-0.3, -0.25) is 0 Å². The average Bonchev–Trinajstić information content (AvgIpc) is 3.27. The molecule has 3 aromatic rings. The van der Waals surface area contributed by atoms with E-state index in [1.54, 1.807) is 11.3 Å². The number of carbonyl (C=O) groups is 1. The predicted molar refractivity (Wildman–Crippen MR) is 132 cm³/mol. The van der Waals surface area contributed by atoms with E-state index in [1.165, 1.54) is 54.5 Å². The number of ether oxygens (including phenoxy) is 1. The SMILES string of the molecule is CCCCCCCCc1ccc(C(=O)Oc2ccc(-c3ccc(CCC)cc3)cc2)s1. The summed E-state index contributed by atoms with van der Waals surface area (Å²) in [7, 11) is 0. The van der Waals surface area contributed by atoms with Gasteiger partial charge in [-0.05, 0) is 60.2 Å². The summed E-state index contributed by atoms with van der Waals surface area (Å²) >= 11 is 1.56. The molecule has 0 atom stereocenters. The van der Waals surface area contributed by atoms with Crippen LogP contribution >= 0.6 is 11.3 Å². The molecule has 0 amide bonds. The topological polar surface area (TPSA) is 26.3 Å². The minimum Gasteiger partial charge on any atom is -0.422 e. The van der Waals surface area contributed by atoms with Crippen LogP contribution in [0.1, 0.15) is 78.9 Å². The van der Waals surface area contributed by atoms with Crippen molar-refractivity contribution in [3.05, 3.63) is 76.0 Å². The Hall–Kier alpha value is -2.39. The van der Waals surface area contributed by atoms with Crippen LogP contribution in [0.3, 0.4) is 0 Å². The highest BCUT2D eigenvalue weighted by Crippen LogP contribution is 2.25. The lowest BCUT2D eigenvalue weighted by Gasteiger charge is -2.06. The van der Waals surface area contributed by atoms with Gasteiger partial charge in [0.2, 0.25) is 0 Å². The molecule has 31 heavy (non-hydrogen) atoms. The van der Waals surface area contributed by atoms with Crippen LogP contribution in [0.25, 0.3) is 11.1 Å². The van der Waals surface area contributed by atoms with Crippen LogP contribution in [0.2, 0.25) is 0 Å². The third-order valence-electron chi connectivity index (χ3n) is 5.53. The maximum absolute atomic E-state index is 12.5. The molecule has 0 aliphatic rings. The van der Waals surface area contributed by atoms with Gasteiger partial charge in [-0.15, -0.1) is 11.3 Å². The number of hydrogen-bond donors (Lipinski definition) is 0. The Morgan fingerprint density at radius 3 is 2.03 bits per heavy atom. The fourth-order valence-corrected chi connectivity index (χ4v) is 4.65. The van der Waals surface area contributed by atoms with Crippen molar-refractivity contribution < 1.29 is 9.53 Å². The molecule has 0 aliphatic heterocycles. The first-order valence-electron chi connectivity index (χ1n) is 11.7. The van der Waals surface area contributed by atoms with Crippen LogP contribution in [-0.2, 0) is 12.8 Å². The quantitative estimate of drug-likeness (QED) is 0.162. The summed E-state index contributed by atoms with van der Waals surface area (Å²) in [6, 6.07) is 20.4. The first-order valence-corrected chi connectivity index (χ1v) is 12.5. The summed E-state index contributed by atoms with van der Waals surface area (Å²) in [5, 5.41) is 0. The molecule has 3 heteroatoms. The fourth-order valence-electron chi connectivity index (χ4n) is 3.73. The zero-order chi connectivity index (χ0) is 21.9. The van der Waals surface area contributed by atoms with E-state index < -0.39 is 0 Å². The smallest absolute Gasteiger partial charge is 0.353 e. The Labute approximate surface area is 191 Å². The van der Waals surface area contributed by atoms with E-state index in [1.807, 2.05) is 30.3 Å². The molecule has 3 rings (SSSR count). The van der Waals surface area contributed by atoms with Crippen molar-refractivity contribution in [1.29, 1.82) is 0 Å². The van der Waals surface area contributed by atoms with Gasteiger partial charge in [0.05, 0.1) is 0 Å². The van der Waals surface area contributed by atoms with Gasteiger partial charge in [0, 0.05) is 4.88 Å². The Balaban J connectivity index is 1.50. The maximum atomic E-state index is 12.5. The van der Waals surface area contributed by atoms with Gasteiger partial charge in [-0.25, -0.2) is 4.79 Å². The van der Waals surface area contributed by atoms with Crippen molar-refractivity contribution in [3.8, 4) is 16.9 Å². The number of hydrogen-bond acceptors (Lipinski definition) is 3. The molecule has 0 bridgehead atoms. The van der Waals surface area contributed by atoms with Crippen LogP contribution in [0.5, 0.6) is 5.75 Å². The highest BCUT2D eigenvalue weighted by atomic mass is 32.1. The maximum Gasteiger partial charge on any atom is 0.353 e. The number of rotatable bonds is 12. The lowest BCUT2D eigenvalue weighted by atomic mass is 10.0. The molecule has 2 nitrogen and oxygen atoms in total. The van der Waals surface area contributed by atoms with Gasteiger partial charge in [-0.2, -0.15) is 0 Å². The van der Waals surface area contributed by atoms with Crippen LogP contribution in [0.15, 0.2) is 60.7 Å². The molecule has 0 saturated carbocycles. The van der Waals surface area contributed by atoms with Crippen LogP contribution < -0.4 is 4.74 Å². The molecule has 164 valence electrons. The minimum atomic E-state index is -0.268. The molecule has 2 aromatic carbocycles. The Morgan fingerprint density at radius 1 is 0.710 bits per heavy atom. The third-order valence-corrected chi connectivity index (χ3v) is 6.66. The first kappa shape index (κ1) is 23.3. The van der Waals surface area contributed by atoms with Crippen molar-refractivity contribution in [3.63, 3.8) is 0 Å². The highest BCUT2D eigenvalue weighted by Gasteiger charge is 2.12. The van der Waals surface area contributed by atoms with E-state index >= 15 is 0 Å². The molecule has 0 N–H and O–H groups in total. The van der Waals surface area contributed by atoms with Crippen molar-refractivity contribution in [1.82, 2.24) is 0 Å². The van der Waals surface area contributed by atoms with Gasteiger partial charge in [0.15, 0.2) is 0 Å². The Kier molecular flexibility index (Phi) is 9.36. The highest BCUT2D eigenvalue weighted by molar-refractivity contribution is 7.13. The van der Waals surface area contributed by atoms with E-state index in [4.69, 9.17) is 4.74 Å². The molecule has 0 saturated heterocycles. The molecular weight excluding hydrogens is 400 g/mol. The average molecular weight is 435 g/mol. The van der Waals surface area contributed by atoms with Crippen molar-refractivity contribution in [2.45, 2.75) is 71.6 Å². The van der Waals surface area contributed by atoms with Crippen LogP contribution in [0.4, 0.5) is 0 Å². The standard InChI is InChI=1S/C28H34O2S/c1-3-5-6-7-8-9-11-26-20-21-27(31-26)28(29)30-25-18-16-24(17-19-25)23-14-12-22(10-4-2)13-15-23/h12-21H,3-11H2,1-2H3. The van der Waals surface area contributed by atoms with Crippen molar-refractivity contribution >= 4 is 17.3 Å². The number of benzene rings is 2. The molecule has 1 aromatic heterocycles. The van der Waals surface area contributed by atoms with E-state index in [-0.39, 0.29) is 5.97 Å². The van der Waals surface area contributed by atoms with E-state index in [9.17, 15) is 4.79 Å². The van der Waals surface area contributed by atoms with Crippen molar-refractivity contribution in [2.75, 3.05) is 0 Å². The van der Waals surface area contributed by atoms with Crippen molar-refractivity contribution in [2.24, 2.45) is 0 Å². The lowest BCUT2D eigenvalue weighted by molar-refractivity contribution is 0.0740. The summed E-state index contributed by atoms with van der Waals surface area (Å²) in [5.41, 5.74) is 3.67. The summed E-state index contributed by atoms with van der Waals surface area (Å²) in [4.78, 5) is 14.5. The monoisotopic (exact) mass is 434 g/mol. The minimum absolute atomic E-state index is 0.268. The van der Waals surface area contributed by atoms with Gasteiger partial charge in [0.25, 0.3) is 0 Å². The van der Waals surface area contributed by atoms with Crippen LogP contribution in [0, 0.1) is 0 Å². The summed E-state index contributed by atoms with van der Waals surface area (Å²) < 4.78 is 5.60. The summed E-state index contributed by atoms with van der Waals surface area (Å²) in [6.07, 6.45) is 11.0. The molecular formula is C28H34O2S. The Morgan fingerprint density at radius 2 is 1.35 bits per heavy atom. The zero-order valence-corrected chi connectivity index (χ0v) is 19.7. The third kappa shape index (κ3) is 7.36. The second-order valence-corrected chi connectivity index (χ2v) is 9.31.